The third kappa shape index (κ3) is 3.73. The van der Waals surface area contributed by atoms with Gasteiger partial charge in [0.25, 0.3) is 0 Å². The summed E-state index contributed by atoms with van der Waals surface area (Å²) in [5, 5.41) is 12.6. The third-order valence-corrected chi connectivity index (χ3v) is 3.43. The molecule has 1 aromatic carbocycles. The molecular weight excluding hydrogens is 252 g/mol. The van der Waals surface area contributed by atoms with Crippen molar-refractivity contribution in [2.24, 2.45) is 21.2 Å². The molecule has 1 amide bonds. The summed E-state index contributed by atoms with van der Waals surface area (Å²) in [6, 6.07) is 7.98. The number of carbonyl (C=O) groups is 1. The van der Waals surface area contributed by atoms with E-state index < -0.39 is 0 Å². The number of carbonyl (C=O) groups excluding carboxylic acids is 1. The molecule has 1 heterocycles. The van der Waals surface area contributed by atoms with Crippen molar-refractivity contribution < 1.29 is 4.79 Å². The van der Waals surface area contributed by atoms with Crippen LogP contribution in [-0.4, -0.2) is 17.7 Å². The average molecular weight is 272 g/mol. The molecule has 106 valence electrons. The summed E-state index contributed by atoms with van der Waals surface area (Å²) in [5.74, 6) is 0.458. The fourth-order valence-corrected chi connectivity index (χ4v) is 1.69. The molecule has 0 aromatic heterocycles. The Morgan fingerprint density at radius 3 is 2.40 bits per heavy atom. The lowest BCUT2D eigenvalue weighted by Gasteiger charge is -2.12. The molecule has 1 aromatic rings. The molecule has 0 saturated carbocycles. The number of hydrazone groups is 1. The number of hydrogen-bond donors (Lipinski definition) is 1. The van der Waals surface area contributed by atoms with E-state index in [9.17, 15) is 4.79 Å². The van der Waals surface area contributed by atoms with Crippen LogP contribution in [0, 0.1) is 5.92 Å². The minimum Gasteiger partial charge on any atom is -0.273 e. The number of hydrogen-bond acceptors (Lipinski definition) is 4. The van der Waals surface area contributed by atoms with Crippen LogP contribution in [0.1, 0.15) is 39.2 Å². The van der Waals surface area contributed by atoms with E-state index in [0.29, 0.717) is 18.8 Å². The third-order valence-electron chi connectivity index (χ3n) is 3.43. The van der Waals surface area contributed by atoms with Gasteiger partial charge in [-0.3, -0.25) is 4.79 Å². The molecule has 0 bridgehead atoms. The molecule has 20 heavy (non-hydrogen) atoms. The predicted octanol–water partition coefficient (Wildman–Crippen LogP) is 3.43. The fraction of sp³-hybridized carbons (Fsp3) is 0.467. The van der Waals surface area contributed by atoms with Gasteiger partial charge in [-0.1, -0.05) is 26.0 Å². The van der Waals surface area contributed by atoms with Gasteiger partial charge in [0.2, 0.25) is 5.91 Å². The topological polar surface area (TPSA) is 66.2 Å². The second kappa shape index (κ2) is 6.41. The number of rotatable bonds is 4. The average Bonchev–Trinajstić information content (AvgIpc) is 2.46. The van der Waals surface area contributed by atoms with E-state index in [4.69, 9.17) is 0 Å². The van der Waals surface area contributed by atoms with Gasteiger partial charge in [-0.15, -0.1) is 0 Å². The van der Waals surface area contributed by atoms with Crippen LogP contribution in [0.3, 0.4) is 0 Å². The molecule has 0 saturated heterocycles. The monoisotopic (exact) mass is 272 g/mol. The number of benzene rings is 1. The number of nitrogens with zero attached hydrogens (tertiary/aromatic N) is 3. The molecule has 1 aliphatic rings. The Labute approximate surface area is 119 Å². The molecule has 2 rings (SSSR count). The Kier molecular flexibility index (Phi) is 4.61. The fourth-order valence-electron chi connectivity index (χ4n) is 1.69. The standard InChI is InChI=1S/C15H20N4O/c1-10(2)11(3)16-17-13-6-4-12(5-7-13)14-8-9-15(20)19-18-14/h4-7,10-11H,8-9H2,1-3H3,(H,19,20). The van der Waals surface area contributed by atoms with E-state index in [1.54, 1.807) is 0 Å². The van der Waals surface area contributed by atoms with Crippen molar-refractivity contribution >= 4 is 17.3 Å². The molecule has 5 heteroatoms. The zero-order chi connectivity index (χ0) is 14.5. The van der Waals surface area contributed by atoms with Gasteiger partial charge in [-0.2, -0.15) is 15.3 Å². The molecule has 0 aliphatic carbocycles. The van der Waals surface area contributed by atoms with Crippen LogP contribution in [0.4, 0.5) is 5.69 Å². The molecule has 0 radical (unpaired) electrons. The summed E-state index contributed by atoms with van der Waals surface area (Å²) in [6.45, 7) is 6.31. The second-order valence-corrected chi connectivity index (χ2v) is 5.34. The SMILES string of the molecule is CC(C)C(C)N=Nc1ccc(C2=NNC(=O)CC2)cc1. The van der Waals surface area contributed by atoms with E-state index in [1.165, 1.54) is 0 Å². The maximum Gasteiger partial charge on any atom is 0.240 e. The number of amides is 1. The number of azo groups is 1. The zero-order valence-corrected chi connectivity index (χ0v) is 12.1. The summed E-state index contributed by atoms with van der Waals surface area (Å²) >= 11 is 0. The summed E-state index contributed by atoms with van der Waals surface area (Å²) in [7, 11) is 0. The Morgan fingerprint density at radius 1 is 1.15 bits per heavy atom. The van der Waals surface area contributed by atoms with Gasteiger partial charge in [-0.05, 0) is 30.5 Å². The lowest BCUT2D eigenvalue weighted by molar-refractivity contribution is -0.121. The van der Waals surface area contributed by atoms with Crippen LogP contribution in [0.2, 0.25) is 0 Å². The predicted molar refractivity (Wildman–Crippen MR) is 79.2 cm³/mol. The van der Waals surface area contributed by atoms with Gasteiger partial charge >= 0.3 is 0 Å². The van der Waals surface area contributed by atoms with Crippen LogP contribution in [0.15, 0.2) is 39.6 Å². The van der Waals surface area contributed by atoms with Crippen LogP contribution >= 0.6 is 0 Å². The van der Waals surface area contributed by atoms with Crippen LogP contribution in [0.5, 0.6) is 0 Å². The van der Waals surface area contributed by atoms with Gasteiger partial charge in [0, 0.05) is 12.8 Å². The van der Waals surface area contributed by atoms with Gasteiger partial charge in [0.05, 0.1) is 17.4 Å². The normalized spacial score (nSPS) is 17.2. The summed E-state index contributed by atoms with van der Waals surface area (Å²) in [4.78, 5) is 11.1. The molecule has 1 unspecified atom stereocenters. The smallest absolute Gasteiger partial charge is 0.240 e. The quantitative estimate of drug-likeness (QED) is 0.838. The van der Waals surface area contributed by atoms with Crippen molar-refractivity contribution in [2.75, 3.05) is 0 Å². The lowest BCUT2D eigenvalue weighted by atomic mass is 10.0. The minimum absolute atomic E-state index is 0.0261. The first kappa shape index (κ1) is 14.4. The molecule has 0 fully saturated rings. The first-order valence-corrected chi connectivity index (χ1v) is 6.93. The highest BCUT2D eigenvalue weighted by Crippen LogP contribution is 2.18. The summed E-state index contributed by atoms with van der Waals surface area (Å²) in [5.41, 5.74) is 5.26. The highest BCUT2D eigenvalue weighted by molar-refractivity contribution is 6.04. The number of nitrogens with one attached hydrogen (secondary N) is 1. The molecular formula is C15H20N4O. The first-order valence-electron chi connectivity index (χ1n) is 6.93. The van der Waals surface area contributed by atoms with Crippen molar-refractivity contribution in [2.45, 2.75) is 39.7 Å². The van der Waals surface area contributed by atoms with Crippen LogP contribution in [-0.2, 0) is 4.79 Å². The lowest BCUT2D eigenvalue weighted by Crippen LogP contribution is -2.25. The Morgan fingerprint density at radius 2 is 1.85 bits per heavy atom. The summed E-state index contributed by atoms with van der Waals surface area (Å²) in [6.07, 6.45) is 1.17. The molecule has 0 spiro atoms. The van der Waals surface area contributed by atoms with E-state index in [2.05, 4.69) is 41.5 Å². The Hall–Kier alpha value is -2.04. The Bertz CT molecular complexity index is 531. The van der Waals surface area contributed by atoms with Crippen molar-refractivity contribution in [3.63, 3.8) is 0 Å². The van der Waals surface area contributed by atoms with E-state index in [0.717, 1.165) is 17.0 Å². The molecule has 1 atom stereocenters. The van der Waals surface area contributed by atoms with Gasteiger partial charge < -0.3 is 0 Å². The molecule has 1 N–H and O–H groups in total. The maximum atomic E-state index is 11.1. The van der Waals surface area contributed by atoms with Crippen molar-refractivity contribution in [3.8, 4) is 0 Å². The van der Waals surface area contributed by atoms with Crippen LogP contribution in [0.25, 0.3) is 0 Å². The van der Waals surface area contributed by atoms with Gasteiger partial charge in [-0.25, -0.2) is 5.43 Å². The van der Waals surface area contributed by atoms with Crippen molar-refractivity contribution in [1.29, 1.82) is 0 Å². The van der Waals surface area contributed by atoms with Crippen LogP contribution < -0.4 is 5.43 Å². The van der Waals surface area contributed by atoms with Crippen molar-refractivity contribution in [3.05, 3.63) is 29.8 Å². The first-order chi connectivity index (χ1) is 9.56. The second-order valence-electron chi connectivity index (χ2n) is 5.34. The maximum absolute atomic E-state index is 11.1. The molecule has 1 aliphatic heterocycles. The van der Waals surface area contributed by atoms with Gasteiger partial charge in [0.1, 0.15) is 0 Å². The van der Waals surface area contributed by atoms with E-state index >= 15 is 0 Å². The molecule has 5 nitrogen and oxygen atoms in total. The zero-order valence-electron chi connectivity index (χ0n) is 12.1. The largest absolute Gasteiger partial charge is 0.273 e. The van der Waals surface area contributed by atoms with Crippen molar-refractivity contribution in [1.82, 2.24) is 5.43 Å². The van der Waals surface area contributed by atoms with E-state index in [1.807, 2.05) is 24.3 Å². The highest BCUT2D eigenvalue weighted by atomic mass is 16.2. The summed E-state index contributed by atoms with van der Waals surface area (Å²) < 4.78 is 0. The van der Waals surface area contributed by atoms with E-state index in [-0.39, 0.29) is 11.9 Å². The highest BCUT2D eigenvalue weighted by Gasteiger charge is 2.12. The minimum atomic E-state index is -0.0261. The Balaban J connectivity index is 2.05. The van der Waals surface area contributed by atoms with Gasteiger partial charge in [0.15, 0.2) is 0 Å².